The number of hydrogen-bond acceptors (Lipinski definition) is 3. The molecule has 4 rings (SSSR count). The summed E-state index contributed by atoms with van der Waals surface area (Å²) in [5.74, 6) is 1.85. The van der Waals surface area contributed by atoms with Crippen molar-refractivity contribution in [1.82, 2.24) is 14.9 Å². The Balaban J connectivity index is 1.24. The van der Waals surface area contributed by atoms with Crippen LogP contribution >= 0.6 is 11.6 Å². The Morgan fingerprint density at radius 3 is 2.60 bits per heavy atom. The van der Waals surface area contributed by atoms with Crippen molar-refractivity contribution in [1.29, 1.82) is 0 Å². The number of nitrogens with zero attached hydrogens (tertiary/aromatic N) is 2. The van der Waals surface area contributed by atoms with Crippen LogP contribution in [-0.4, -0.2) is 28.6 Å². The number of carbonyl (C=O) groups excluding carboxylic acids is 1. The van der Waals surface area contributed by atoms with Crippen LogP contribution < -0.4 is 10.1 Å². The molecule has 0 saturated heterocycles. The molecule has 1 heterocycles. The van der Waals surface area contributed by atoms with Gasteiger partial charge in [0, 0.05) is 13.0 Å². The fourth-order valence-corrected chi connectivity index (χ4v) is 4.42. The lowest BCUT2D eigenvalue weighted by atomic mass is 10.1. The number of benzene rings is 3. The summed E-state index contributed by atoms with van der Waals surface area (Å²) in [7, 11) is 0. The molecule has 0 aliphatic carbocycles. The molecule has 0 aliphatic rings. The first-order valence-corrected chi connectivity index (χ1v) is 12.6. The normalized spacial score (nSPS) is 11.0. The summed E-state index contributed by atoms with van der Waals surface area (Å²) < 4.78 is 8.17. The van der Waals surface area contributed by atoms with Gasteiger partial charge in [-0.05, 0) is 55.2 Å². The molecule has 1 aromatic heterocycles. The Bertz CT molecular complexity index is 1270. The van der Waals surface area contributed by atoms with Crippen LogP contribution in [0.25, 0.3) is 11.0 Å². The number of fused-ring (bicyclic) bond motifs is 1. The molecule has 4 aromatic rings. The third-order valence-corrected chi connectivity index (χ3v) is 6.47. The number of unbranched alkanes of at least 4 members (excludes halogenated alkanes) is 2. The van der Waals surface area contributed by atoms with Gasteiger partial charge in [-0.1, -0.05) is 66.6 Å². The van der Waals surface area contributed by atoms with Gasteiger partial charge in [-0.3, -0.25) is 4.79 Å². The summed E-state index contributed by atoms with van der Waals surface area (Å²) in [4.78, 5) is 17.1. The van der Waals surface area contributed by atoms with E-state index >= 15 is 0 Å². The van der Waals surface area contributed by atoms with Crippen molar-refractivity contribution in [2.75, 3.05) is 13.2 Å². The number of hydrogen-bond donors (Lipinski definition) is 1. The van der Waals surface area contributed by atoms with Gasteiger partial charge in [-0.2, -0.15) is 0 Å². The minimum atomic E-state index is 0.0830. The monoisotopic (exact) mass is 489 g/mol. The number of para-hydroxylation sites is 3. The van der Waals surface area contributed by atoms with E-state index in [9.17, 15) is 4.79 Å². The van der Waals surface area contributed by atoms with Gasteiger partial charge in [-0.15, -0.1) is 0 Å². The maximum Gasteiger partial charge on any atom is 0.224 e. The van der Waals surface area contributed by atoms with E-state index in [-0.39, 0.29) is 5.91 Å². The van der Waals surface area contributed by atoms with E-state index in [1.807, 2.05) is 73.7 Å². The number of ether oxygens (including phenoxy) is 1. The maximum atomic E-state index is 12.2. The van der Waals surface area contributed by atoms with Gasteiger partial charge >= 0.3 is 0 Å². The van der Waals surface area contributed by atoms with Crippen LogP contribution in [0.3, 0.4) is 0 Å². The molecule has 1 amide bonds. The summed E-state index contributed by atoms with van der Waals surface area (Å²) in [5, 5.41) is 3.67. The molecule has 35 heavy (non-hydrogen) atoms. The molecule has 0 fully saturated rings. The van der Waals surface area contributed by atoms with Gasteiger partial charge in [0.15, 0.2) is 0 Å². The molecule has 182 valence electrons. The summed E-state index contributed by atoms with van der Waals surface area (Å²) in [5.41, 5.74) is 4.36. The van der Waals surface area contributed by atoms with E-state index in [0.29, 0.717) is 36.9 Å². The predicted molar refractivity (Wildman–Crippen MR) is 142 cm³/mol. The molecule has 0 atom stereocenters. The molecule has 0 saturated carbocycles. The summed E-state index contributed by atoms with van der Waals surface area (Å²) in [6.45, 7) is 3.96. The average molecular weight is 490 g/mol. The Kier molecular flexibility index (Phi) is 8.79. The second-order valence-electron chi connectivity index (χ2n) is 8.71. The molecule has 6 heteroatoms. The topological polar surface area (TPSA) is 56.2 Å². The lowest BCUT2D eigenvalue weighted by Gasteiger charge is -2.12. The second kappa shape index (κ2) is 12.4. The number of carbonyl (C=O) groups is 1. The number of rotatable bonds is 12. The molecule has 0 spiro atoms. The highest BCUT2D eigenvalue weighted by Crippen LogP contribution is 2.24. The Hall–Kier alpha value is -3.31. The SMILES string of the molecule is Cc1ccccc1CC(=O)NCCCCCc1nc2ccccc2n1CCOc1ccccc1Cl. The molecular formula is C29H32ClN3O2. The van der Waals surface area contributed by atoms with Crippen molar-refractivity contribution < 1.29 is 9.53 Å². The van der Waals surface area contributed by atoms with E-state index in [4.69, 9.17) is 21.3 Å². The number of aryl methyl sites for hydroxylation is 2. The first-order chi connectivity index (χ1) is 17.1. The second-order valence-corrected chi connectivity index (χ2v) is 9.12. The largest absolute Gasteiger partial charge is 0.490 e. The first-order valence-electron chi connectivity index (χ1n) is 12.2. The van der Waals surface area contributed by atoms with Crippen LogP contribution in [-0.2, 0) is 24.2 Å². The Morgan fingerprint density at radius 1 is 0.971 bits per heavy atom. The number of imidazole rings is 1. The van der Waals surface area contributed by atoms with Gasteiger partial charge in [0.05, 0.1) is 29.0 Å². The van der Waals surface area contributed by atoms with Crippen LogP contribution in [0, 0.1) is 6.92 Å². The van der Waals surface area contributed by atoms with Gasteiger partial charge in [0.1, 0.15) is 18.2 Å². The van der Waals surface area contributed by atoms with Gasteiger partial charge in [0.25, 0.3) is 0 Å². The zero-order valence-electron chi connectivity index (χ0n) is 20.2. The lowest BCUT2D eigenvalue weighted by molar-refractivity contribution is -0.120. The van der Waals surface area contributed by atoms with Crippen LogP contribution in [0.15, 0.2) is 72.8 Å². The van der Waals surface area contributed by atoms with Gasteiger partial charge in [0.2, 0.25) is 5.91 Å². The van der Waals surface area contributed by atoms with Crippen LogP contribution in [0.2, 0.25) is 5.02 Å². The first kappa shape index (κ1) is 24.8. The minimum absolute atomic E-state index is 0.0830. The van der Waals surface area contributed by atoms with E-state index in [0.717, 1.165) is 53.7 Å². The van der Waals surface area contributed by atoms with Crippen LogP contribution in [0.4, 0.5) is 0 Å². The maximum absolute atomic E-state index is 12.2. The molecule has 1 N–H and O–H groups in total. The van der Waals surface area contributed by atoms with Crippen molar-refractivity contribution in [3.05, 3.63) is 94.8 Å². The van der Waals surface area contributed by atoms with Crippen molar-refractivity contribution in [2.45, 2.75) is 45.6 Å². The van der Waals surface area contributed by atoms with Crippen molar-refractivity contribution >= 4 is 28.5 Å². The molecule has 3 aromatic carbocycles. The quantitative estimate of drug-likeness (QED) is 0.243. The number of nitrogens with one attached hydrogen (secondary N) is 1. The van der Waals surface area contributed by atoms with Gasteiger partial charge in [-0.25, -0.2) is 4.98 Å². The fraction of sp³-hybridized carbons (Fsp3) is 0.310. The lowest BCUT2D eigenvalue weighted by Crippen LogP contribution is -2.26. The van der Waals surface area contributed by atoms with Crippen molar-refractivity contribution in [2.24, 2.45) is 0 Å². The molecule has 0 aliphatic heterocycles. The third-order valence-electron chi connectivity index (χ3n) is 6.15. The van der Waals surface area contributed by atoms with Crippen molar-refractivity contribution in [3.8, 4) is 5.75 Å². The minimum Gasteiger partial charge on any atom is -0.490 e. The van der Waals surface area contributed by atoms with E-state index < -0.39 is 0 Å². The highest BCUT2D eigenvalue weighted by atomic mass is 35.5. The third kappa shape index (κ3) is 6.86. The van der Waals surface area contributed by atoms with E-state index in [1.165, 1.54) is 0 Å². The Labute approximate surface area is 212 Å². The molecule has 0 unspecified atom stereocenters. The number of amides is 1. The summed E-state index contributed by atoms with van der Waals surface area (Å²) >= 11 is 6.22. The van der Waals surface area contributed by atoms with Crippen molar-refractivity contribution in [3.63, 3.8) is 0 Å². The molecular weight excluding hydrogens is 458 g/mol. The van der Waals surface area contributed by atoms with E-state index in [1.54, 1.807) is 0 Å². The molecule has 5 nitrogen and oxygen atoms in total. The molecule has 0 radical (unpaired) electrons. The van der Waals surface area contributed by atoms with Crippen LogP contribution in [0.1, 0.15) is 36.2 Å². The summed E-state index contributed by atoms with van der Waals surface area (Å²) in [6, 6.07) is 23.8. The standard InChI is InChI=1S/C29H32ClN3O2/c1-22-11-4-5-12-23(22)21-29(34)31-18-10-2-3-17-28-32-25-14-7-8-15-26(25)33(28)19-20-35-27-16-9-6-13-24(27)30/h4-9,11-16H,2-3,10,17-21H2,1H3,(H,31,34). The number of aromatic nitrogens is 2. The smallest absolute Gasteiger partial charge is 0.224 e. The zero-order valence-corrected chi connectivity index (χ0v) is 20.9. The fourth-order valence-electron chi connectivity index (χ4n) is 4.23. The number of halogens is 1. The van der Waals surface area contributed by atoms with E-state index in [2.05, 4.69) is 16.0 Å². The zero-order chi connectivity index (χ0) is 24.5. The highest BCUT2D eigenvalue weighted by molar-refractivity contribution is 6.32. The average Bonchev–Trinajstić information content (AvgIpc) is 3.21. The summed E-state index contributed by atoms with van der Waals surface area (Å²) in [6.07, 6.45) is 4.33. The predicted octanol–water partition coefficient (Wildman–Crippen LogP) is 6.15. The van der Waals surface area contributed by atoms with Gasteiger partial charge < -0.3 is 14.6 Å². The Morgan fingerprint density at radius 2 is 1.74 bits per heavy atom. The molecule has 0 bridgehead atoms. The van der Waals surface area contributed by atoms with Crippen LogP contribution in [0.5, 0.6) is 5.75 Å². The highest BCUT2D eigenvalue weighted by Gasteiger charge is 2.11.